The lowest BCUT2D eigenvalue weighted by Crippen LogP contribution is -2.39. The first-order valence-corrected chi connectivity index (χ1v) is 16.4. The fourth-order valence-corrected chi connectivity index (χ4v) is 5.24. The molecule has 4 aromatic rings. The molecule has 0 saturated heterocycles. The molecule has 0 aliphatic rings. The Kier molecular flexibility index (Phi) is 15.1. The molecule has 254 valence electrons. The van der Waals surface area contributed by atoms with E-state index in [0.717, 1.165) is 35.5 Å². The molecule has 11 heteroatoms. The molecule has 0 fully saturated rings. The zero-order valence-corrected chi connectivity index (χ0v) is 27.7. The zero-order valence-electron chi connectivity index (χ0n) is 27.7. The van der Waals surface area contributed by atoms with E-state index in [0.29, 0.717) is 51.4 Å². The Bertz CT molecular complexity index is 1450. The average molecular weight is 654 g/mol. The van der Waals surface area contributed by atoms with Crippen molar-refractivity contribution in [3.8, 4) is 0 Å². The van der Waals surface area contributed by atoms with E-state index in [-0.39, 0.29) is 31.4 Å². The molecule has 0 bridgehead atoms. The molecule has 1 atom stereocenters. The number of aromatic nitrogens is 3. The number of aliphatic hydroxyl groups excluding tert-OH is 2. The Labute approximate surface area is 283 Å². The molecule has 2 amide bonds. The second kappa shape index (κ2) is 20.0. The standard InChI is InChI=1S/C37H47N7O4/c1-42(21-9-5-13-35(46)29-45)37(48)24-30-14-16-31(17-15-30)41-36(47)28-44(27-34-12-4-8-20-40-34)23-22-43(25-32-10-2-6-18-38-32)26-33-11-3-7-19-39-33/h2-4,6-8,10-12,14-20,35,45-46H,5,9,13,21-29H2,1H3,(H,41,47). The molecule has 1 unspecified atom stereocenters. The quantitative estimate of drug-likeness (QED) is 0.123. The number of hydrogen-bond acceptors (Lipinski definition) is 9. The van der Waals surface area contributed by atoms with E-state index in [1.807, 2.05) is 78.9 Å². The van der Waals surface area contributed by atoms with Crippen LogP contribution in [0.15, 0.2) is 97.5 Å². The van der Waals surface area contributed by atoms with Gasteiger partial charge in [-0.05, 0) is 73.4 Å². The maximum absolute atomic E-state index is 13.3. The molecule has 4 rings (SSSR count). The Balaban J connectivity index is 1.32. The summed E-state index contributed by atoms with van der Waals surface area (Å²) < 4.78 is 0. The molecule has 1 aromatic carbocycles. The third-order valence-electron chi connectivity index (χ3n) is 7.95. The van der Waals surface area contributed by atoms with Gasteiger partial charge in [0.2, 0.25) is 11.8 Å². The normalized spacial score (nSPS) is 11.9. The van der Waals surface area contributed by atoms with Crippen molar-refractivity contribution in [2.75, 3.05) is 45.2 Å². The van der Waals surface area contributed by atoms with E-state index >= 15 is 0 Å². The van der Waals surface area contributed by atoms with Gasteiger partial charge in [-0.1, -0.05) is 30.3 Å². The van der Waals surface area contributed by atoms with Crippen molar-refractivity contribution in [1.29, 1.82) is 0 Å². The lowest BCUT2D eigenvalue weighted by Gasteiger charge is -2.27. The van der Waals surface area contributed by atoms with Gasteiger partial charge < -0.3 is 20.4 Å². The molecule has 0 aliphatic carbocycles. The van der Waals surface area contributed by atoms with Gasteiger partial charge in [-0.15, -0.1) is 0 Å². The molecule has 0 radical (unpaired) electrons. The molecular weight excluding hydrogens is 606 g/mol. The van der Waals surface area contributed by atoms with E-state index < -0.39 is 6.10 Å². The van der Waals surface area contributed by atoms with Crippen LogP contribution in [0.25, 0.3) is 0 Å². The molecule has 3 heterocycles. The van der Waals surface area contributed by atoms with Crippen LogP contribution in [0, 0.1) is 0 Å². The van der Waals surface area contributed by atoms with Crippen molar-refractivity contribution < 1.29 is 19.8 Å². The number of anilines is 1. The molecule has 0 saturated carbocycles. The molecule has 3 aromatic heterocycles. The summed E-state index contributed by atoms with van der Waals surface area (Å²) in [5, 5.41) is 21.4. The average Bonchev–Trinajstić information content (AvgIpc) is 3.11. The first kappa shape index (κ1) is 36.3. The Morgan fingerprint density at radius 2 is 1.27 bits per heavy atom. The van der Waals surface area contributed by atoms with E-state index in [1.165, 1.54) is 0 Å². The number of carbonyl (C=O) groups excluding carboxylic acids is 2. The zero-order chi connectivity index (χ0) is 34.0. The lowest BCUT2D eigenvalue weighted by molar-refractivity contribution is -0.129. The number of rotatable bonds is 20. The summed E-state index contributed by atoms with van der Waals surface area (Å²) in [7, 11) is 1.77. The molecule has 11 nitrogen and oxygen atoms in total. The highest BCUT2D eigenvalue weighted by Gasteiger charge is 2.17. The number of pyridine rings is 3. The van der Waals surface area contributed by atoms with Gasteiger partial charge in [0.15, 0.2) is 0 Å². The van der Waals surface area contributed by atoms with Crippen LogP contribution in [-0.2, 0) is 35.6 Å². The highest BCUT2D eigenvalue weighted by atomic mass is 16.3. The number of nitrogens with one attached hydrogen (secondary N) is 1. The van der Waals surface area contributed by atoms with Crippen LogP contribution in [0.4, 0.5) is 5.69 Å². The summed E-state index contributed by atoms with van der Waals surface area (Å²) >= 11 is 0. The number of amides is 2. The van der Waals surface area contributed by atoms with Crippen LogP contribution >= 0.6 is 0 Å². The molecule has 3 N–H and O–H groups in total. The minimum absolute atomic E-state index is 0.000194. The summed E-state index contributed by atoms with van der Waals surface area (Å²) in [5.41, 5.74) is 4.34. The summed E-state index contributed by atoms with van der Waals surface area (Å²) in [6, 6.07) is 25.0. The smallest absolute Gasteiger partial charge is 0.238 e. The number of likely N-dealkylation sites (N-methyl/N-ethyl adjacent to an activating group) is 1. The predicted octanol–water partition coefficient (Wildman–Crippen LogP) is 3.54. The van der Waals surface area contributed by atoms with Crippen molar-refractivity contribution in [2.24, 2.45) is 0 Å². The fraction of sp³-hybridized carbons (Fsp3) is 0.378. The third kappa shape index (κ3) is 13.3. The number of aliphatic hydroxyl groups is 2. The Morgan fingerprint density at radius 3 is 1.79 bits per heavy atom. The van der Waals surface area contributed by atoms with Gasteiger partial charge in [-0.3, -0.25) is 34.3 Å². The maximum Gasteiger partial charge on any atom is 0.238 e. The minimum atomic E-state index is -0.704. The molecule has 0 aliphatic heterocycles. The summed E-state index contributed by atoms with van der Waals surface area (Å²) in [5.74, 6) is -0.137. The van der Waals surface area contributed by atoms with Crippen LogP contribution < -0.4 is 5.32 Å². The van der Waals surface area contributed by atoms with Crippen LogP contribution in [0.5, 0.6) is 0 Å². The fourth-order valence-electron chi connectivity index (χ4n) is 5.24. The van der Waals surface area contributed by atoms with Gasteiger partial charge in [0.05, 0.1) is 42.8 Å². The monoisotopic (exact) mass is 653 g/mol. The van der Waals surface area contributed by atoms with Gasteiger partial charge in [-0.25, -0.2) is 0 Å². The molecular formula is C37H47N7O4. The first-order valence-electron chi connectivity index (χ1n) is 16.4. The topological polar surface area (TPSA) is 135 Å². The second-order valence-corrected chi connectivity index (χ2v) is 12.0. The van der Waals surface area contributed by atoms with Crippen molar-refractivity contribution >= 4 is 17.5 Å². The predicted molar refractivity (Wildman–Crippen MR) is 185 cm³/mol. The second-order valence-electron chi connectivity index (χ2n) is 12.0. The van der Waals surface area contributed by atoms with Crippen molar-refractivity contribution in [2.45, 2.75) is 51.4 Å². The van der Waals surface area contributed by atoms with Crippen LogP contribution in [0.2, 0.25) is 0 Å². The van der Waals surface area contributed by atoms with Crippen molar-refractivity contribution in [3.63, 3.8) is 0 Å². The molecule has 0 spiro atoms. The number of carbonyl (C=O) groups is 2. The Hall–Kier alpha value is -4.55. The van der Waals surface area contributed by atoms with Gasteiger partial charge in [-0.2, -0.15) is 0 Å². The lowest BCUT2D eigenvalue weighted by atomic mass is 10.1. The van der Waals surface area contributed by atoms with Gasteiger partial charge in [0.1, 0.15) is 0 Å². The third-order valence-corrected chi connectivity index (χ3v) is 7.95. The summed E-state index contributed by atoms with van der Waals surface area (Å²) in [6.45, 7) is 3.66. The van der Waals surface area contributed by atoms with E-state index in [1.54, 1.807) is 30.5 Å². The summed E-state index contributed by atoms with van der Waals surface area (Å²) in [4.78, 5) is 45.6. The van der Waals surface area contributed by atoms with Gasteiger partial charge >= 0.3 is 0 Å². The number of nitrogens with zero attached hydrogens (tertiary/aromatic N) is 6. The SMILES string of the molecule is CN(CCCCC(O)CO)C(=O)Cc1ccc(NC(=O)CN(CCN(Cc2ccccn2)Cc2ccccn2)Cc2ccccn2)cc1. The van der Waals surface area contributed by atoms with E-state index in [4.69, 9.17) is 5.11 Å². The summed E-state index contributed by atoms with van der Waals surface area (Å²) in [6.07, 6.45) is 6.92. The highest BCUT2D eigenvalue weighted by molar-refractivity contribution is 5.92. The van der Waals surface area contributed by atoms with Crippen molar-refractivity contribution in [3.05, 3.63) is 120 Å². The minimum Gasteiger partial charge on any atom is -0.394 e. The molecule has 48 heavy (non-hydrogen) atoms. The van der Waals surface area contributed by atoms with Crippen LogP contribution in [-0.4, -0.2) is 97.6 Å². The number of unbranched alkanes of at least 4 members (excludes halogenated alkanes) is 1. The number of benzene rings is 1. The first-order chi connectivity index (χ1) is 23.4. The number of hydrogen-bond donors (Lipinski definition) is 3. The van der Waals surface area contributed by atoms with Crippen LogP contribution in [0.3, 0.4) is 0 Å². The van der Waals surface area contributed by atoms with E-state index in [2.05, 4.69) is 30.1 Å². The van der Waals surface area contributed by atoms with Crippen LogP contribution in [0.1, 0.15) is 41.9 Å². The van der Waals surface area contributed by atoms with Crippen molar-refractivity contribution in [1.82, 2.24) is 29.7 Å². The maximum atomic E-state index is 13.3. The largest absolute Gasteiger partial charge is 0.394 e. The van der Waals surface area contributed by atoms with Gasteiger partial charge in [0.25, 0.3) is 0 Å². The van der Waals surface area contributed by atoms with Gasteiger partial charge in [0, 0.05) is 70.6 Å². The Morgan fingerprint density at radius 1 is 0.729 bits per heavy atom. The van der Waals surface area contributed by atoms with E-state index in [9.17, 15) is 14.7 Å². The highest BCUT2D eigenvalue weighted by Crippen LogP contribution is 2.13.